The third-order valence-electron chi connectivity index (χ3n) is 3.32. The van der Waals surface area contributed by atoms with Gasteiger partial charge in [-0.1, -0.05) is 6.92 Å². The van der Waals surface area contributed by atoms with Crippen LogP contribution in [0.25, 0.3) is 0 Å². The molecule has 0 spiro atoms. The fraction of sp³-hybridized carbons (Fsp3) is 1.00. The maximum atomic E-state index is 9.65. The summed E-state index contributed by atoms with van der Waals surface area (Å²) in [5.74, 6) is 0. The van der Waals surface area contributed by atoms with Crippen LogP contribution < -0.4 is 5.32 Å². The normalized spacial score (nSPS) is 23.6. The van der Waals surface area contributed by atoms with E-state index in [4.69, 9.17) is 0 Å². The minimum atomic E-state index is -0.255. The van der Waals surface area contributed by atoms with Crippen molar-refractivity contribution >= 4 is 0 Å². The van der Waals surface area contributed by atoms with Crippen LogP contribution in [0.3, 0.4) is 0 Å². The van der Waals surface area contributed by atoms with E-state index in [0.717, 1.165) is 6.54 Å². The highest BCUT2D eigenvalue weighted by Crippen LogP contribution is 2.47. The van der Waals surface area contributed by atoms with Gasteiger partial charge in [0.05, 0.1) is 6.10 Å². The molecule has 0 radical (unpaired) electrons. The SMILES string of the molecule is CC(NCC(O)CN(C)C)C1(C)CC1. The Morgan fingerprint density at radius 3 is 2.43 bits per heavy atom. The summed E-state index contributed by atoms with van der Waals surface area (Å²) in [6, 6.07) is 0.527. The molecular formula is C11H24N2O. The van der Waals surface area contributed by atoms with Crippen molar-refractivity contribution < 1.29 is 5.11 Å². The Kier molecular flexibility index (Phi) is 3.93. The van der Waals surface area contributed by atoms with E-state index in [2.05, 4.69) is 19.2 Å². The van der Waals surface area contributed by atoms with Crippen LogP contribution in [0.1, 0.15) is 26.7 Å². The second kappa shape index (κ2) is 4.60. The van der Waals surface area contributed by atoms with Gasteiger partial charge < -0.3 is 15.3 Å². The van der Waals surface area contributed by atoms with Gasteiger partial charge in [0, 0.05) is 19.1 Å². The van der Waals surface area contributed by atoms with E-state index in [1.807, 2.05) is 19.0 Å². The monoisotopic (exact) mass is 200 g/mol. The van der Waals surface area contributed by atoms with Crippen molar-refractivity contribution in [3.8, 4) is 0 Å². The summed E-state index contributed by atoms with van der Waals surface area (Å²) in [5, 5.41) is 13.1. The van der Waals surface area contributed by atoms with Crippen molar-refractivity contribution in [2.45, 2.75) is 38.8 Å². The molecule has 2 N–H and O–H groups in total. The Bertz CT molecular complexity index is 178. The van der Waals surface area contributed by atoms with Gasteiger partial charge in [0.1, 0.15) is 0 Å². The maximum Gasteiger partial charge on any atom is 0.0791 e. The number of hydrogen-bond acceptors (Lipinski definition) is 3. The molecule has 2 unspecified atom stereocenters. The molecule has 1 aliphatic rings. The van der Waals surface area contributed by atoms with E-state index in [1.54, 1.807) is 0 Å². The van der Waals surface area contributed by atoms with Crippen LogP contribution in [0.4, 0.5) is 0 Å². The van der Waals surface area contributed by atoms with Crippen LogP contribution in [0, 0.1) is 5.41 Å². The van der Waals surface area contributed by atoms with Gasteiger partial charge in [0.2, 0.25) is 0 Å². The fourth-order valence-corrected chi connectivity index (χ4v) is 1.68. The molecule has 0 aromatic carbocycles. The summed E-state index contributed by atoms with van der Waals surface area (Å²) in [6.07, 6.45) is 2.39. The number of hydrogen-bond donors (Lipinski definition) is 2. The third kappa shape index (κ3) is 3.56. The lowest BCUT2D eigenvalue weighted by Gasteiger charge is -2.23. The minimum Gasteiger partial charge on any atom is -0.390 e. The van der Waals surface area contributed by atoms with Crippen molar-refractivity contribution in [3.05, 3.63) is 0 Å². The highest BCUT2D eigenvalue weighted by atomic mass is 16.3. The summed E-state index contributed by atoms with van der Waals surface area (Å²) >= 11 is 0. The Morgan fingerprint density at radius 1 is 1.43 bits per heavy atom. The summed E-state index contributed by atoms with van der Waals surface area (Å²) < 4.78 is 0. The van der Waals surface area contributed by atoms with Crippen LogP contribution in [0.15, 0.2) is 0 Å². The molecule has 0 amide bonds. The molecule has 1 rings (SSSR count). The van der Waals surface area contributed by atoms with E-state index in [-0.39, 0.29) is 6.10 Å². The molecule has 1 saturated carbocycles. The van der Waals surface area contributed by atoms with Gasteiger partial charge in [0.25, 0.3) is 0 Å². The average molecular weight is 200 g/mol. The quantitative estimate of drug-likeness (QED) is 0.662. The first-order valence-corrected chi connectivity index (χ1v) is 5.50. The van der Waals surface area contributed by atoms with Gasteiger partial charge in [-0.3, -0.25) is 0 Å². The standard InChI is InChI=1S/C11H24N2O/c1-9(11(2)5-6-11)12-7-10(14)8-13(3)4/h9-10,12,14H,5-8H2,1-4H3. The van der Waals surface area contributed by atoms with Crippen molar-refractivity contribution in [1.29, 1.82) is 0 Å². The van der Waals surface area contributed by atoms with Crippen LogP contribution >= 0.6 is 0 Å². The molecule has 0 aromatic heterocycles. The zero-order valence-electron chi connectivity index (χ0n) is 9.88. The first-order valence-electron chi connectivity index (χ1n) is 5.50. The van der Waals surface area contributed by atoms with E-state index >= 15 is 0 Å². The van der Waals surface area contributed by atoms with Gasteiger partial charge >= 0.3 is 0 Å². The molecule has 14 heavy (non-hydrogen) atoms. The average Bonchev–Trinajstić information content (AvgIpc) is 2.79. The smallest absolute Gasteiger partial charge is 0.0791 e. The second-order valence-electron chi connectivity index (χ2n) is 5.20. The van der Waals surface area contributed by atoms with Crippen LogP contribution in [-0.2, 0) is 0 Å². The number of likely N-dealkylation sites (N-methyl/N-ethyl adjacent to an activating group) is 1. The molecule has 0 aromatic rings. The Labute approximate surface area is 87.5 Å². The van der Waals surface area contributed by atoms with Gasteiger partial charge in [-0.15, -0.1) is 0 Å². The van der Waals surface area contributed by atoms with Crippen molar-refractivity contribution in [1.82, 2.24) is 10.2 Å². The predicted octanol–water partition coefficient (Wildman–Crippen LogP) is 0.687. The minimum absolute atomic E-state index is 0.255. The molecule has 2 atom stereocenters. The molecule has 1 fully saturated rings. The molecule has 0 saturated heterocycles. The first kappa shape index (κ1) is 12.0. The highest BCUT2D eigenvalue weighted by molar-refractivity contribution is 4.96. The molecule has 1 aliphatic carbocycles. The lowest BCUT2D eigenvalue weighted by atomic mass is 10.0. The van der Waals surface area contributed by atoms with Crippen molar-refractivity contribution in [2.75, 3.05) is 27.2 Å². The van der Waals surface area contributed by atoms with E-state index in [1.165, 1.54) is 12.8 Å². The van der Waals surface area contributed by atoms with Crippen LogP contribution in [0.5, 0.6) is 0 Å². The zero-order valence-corrected chi connectivity index (χ0v) is 9.88. The Morgan fingerprint density at radius 2 is 2.00 bits per heavy atom. The first-order chi connectivity index (χ1) is 6.44. The summed E-state index contributed by atoms with van der Waals surface area (Å²) in [5.41, 5.74) is 0.498. The largest absolute Gasteiger partial charge is 0.390 e. The summed E-state index contributed by atoms with van der Waals surface area (Å²) in [6.45, 7) is 5.96. The molecule has 84 valence electrons. The third-order valence-corrected chi connectivity index (χ3v) is 3.32. The molecule has 3 heteroatoms. The van der Waals surface area contributed by atoms with Gasteiger partial charge in [-0.05, 0) is 39.3 Å². The summed E-state index contributed by atoms with van der Waals surface area (Å²) in [4.78, 5) is 2.01. The van der Waals surface area contributed by atoms with Gasteiger partial charge in [-0.2, -0.15) is 0 Å². The molecular weight excluding hydrogens is 176 g/mol. The van der Waals surface area contributed by atoms with Crippen LogP contribution in [-0.4, -0.2) is 49.3 Å². The molecule has 0 heterocycles. The number of aliphatic hydroxyl groups is 1. The van der Waals surface area contributed by atoms with Crippen LogP contribution in [0.2, 0.25) is 0 Å². The number of nitrogens with one attached hydrogen (secondary N) is 1. The lowest BCUT2D eigenvalue weighted by molar-refractivity contribution is 0.128. The Balaban J connectivity index is 2.13. The number of rotatable bonds is 6. The molecule has 0 aliphatic heterocycles. The van der Waals surface area contributed by atoms with Gasteiger partial charge in [0.15, 0.2) is 0 Å². The van der Waals surface area contributed by atoms with Gasteiger partial charge in [-0.25, -0.2) is 0 Å². The highest BCUT2D eigenvalue weighted by Gasteiger charge is 2.42. The molecule has 3 nitrogen and oxygen atoms in total. The zero-order chi connectivity index (χ0) is 10.8. The van der Waals surface area contributed by atoms with E-state index < -0.39 is 0 Å². The predicted molar refractivity (Wildman–Crippen MR) is 59.4 cm³/mol. The fourth-order valence-electron chi connectivity index (χ4n) is 1.68. The van der Waals surface area contributed by atoms with E-state index in [9.17, 15) is 5.11 Å². The van der Waals surface area contributed by atoms with Crippen molar-refractivity contribution in [2.24, 2.45) is 5.41 Å². The maximum absolute atomic E-state index is 9.65. The van der Waals surface area contributed by atoms with Crippen molar-refractivity contribution in [3.63, 3.8) is 0 Å². The topological polar surface area (TPSA) is 35.5 Å². The Hall–Kier alpha value is -0.120. The molecule has 0 bridgehead atoms. The second-order valence-corrected chi connectivity index (χ2v) is 5.20. The number of nitrogens with zero attached hydrogens (tertiary/aromatic N) is 1. The number of aliphatic hydroxyl groups excluding tert-OH is 1. The summed E-state index contributed by atoms with van der Waals surface area (Å²) in [7, 11) is 3.96. The lowest BCUT2D eigenvalue weighted by Crippen LogP contribution is -2.41. The van der Waals surface area contributed by atoms with E-state index in [0.29, 0.717) is 18.0 Å².